The van der Waals surface area contributed by atoms with Gasteiger partial charge in [-0.1, -0.05) is 18.2 Å². The fraction of sp³-hybridized carbons (Fsp3) is 0.143. The van der Waals surface area contributed by atoms with Gasteiger partial charge in [-0.25, -0.2) is 4.98 Å². The van der Waals surface area contributed by atoms with Gasteiger partial charge in [0.15, 0.2) is 0 Å². The van der Waals surface area contributed by atoms with E-state index in [1.807, 2.05) is 31.2 Å². The third-order valence-corrected chi connectivity index (χ3v) is 5.03. The van der Waals surface area contributed by atoms with Crippen molar-refractivity contribution in [1.82, 2.24) is 10.3 Å². The second-order valence-corrected chi connectivity index (χ2v) is 6.74. The van der Waals surface area contributed by atoms with Crippen LogP contribution in [0.4, 0.5) is 5.69 Å². The van der Waals surface area contributed by atoms with E-state index in [0.29, 0.717) is 17.1 Å². The van der Waals surface area contributed by atoms with Crippen molar-refractivity contribution < 1.29 is 4.79 Å². The molecule has 2 heterocycles. The molecule has 6 heteroatoms. The molecule has 0 aliphatic carbocycles. The summed E-state index contributed by atoms with van der Waals surface area (Å²) in [6.07, 6.45) is 1.79. The molecule has 0 bridgehead atoms. The summed E-state index contributed by atoms with van der Waals surface area (Å²) in [5, 5.41) is 4.83. The van der Waals surface area contributed by atoms with Crippen LogP contribution in [0.5, 0.6) is 0 Å². The number of benzene rings is 1. The zero-order valence-corrected chi connectivity index (χ0v) is 12.5. The fourth-order valence-electron chi connectivity index (χ4n) is 1.97. The molecular formula is C14H13N3OS2. The minimum atomic E-state index is -0.130. The van der Waals surface area contributed by atoms with E-state index in [0.717, 1.165) is 20.0 Å². The maximum atomic E-state index is 12.2. The molecule has 0 aliphatic rings. The van der Waals surface area contributed by atoms with Crippen LogP contribution >= 0.6 is 22.7 Å². The number of nitrogen functional groups attached to an aromatic ring is 1. The zero-order valence-electron chi connectivity index (χ0n) is 10.8. The highest BCUT2D eigenvalue weighted by molar-refractivity contribution is 7.21. The van der Waals surface area contributed by atoms with Gasteiger partial charge in [0.05, 0.1) is 17.2 Å². The normalized spacial score (nSPS) is 10.8. The number of fused-ring (bicyclic) bond motifs is 1. The number of hydrogen-bond donors (Lipinski definition) is 2. The number of nitrogens with two attached hydrogens (primary N) is 1. The van der Waals surface area contributed by atoms with Crippen LogP contribution in [-0.4, -0.2) is 10.9 Å². The quantitative estimate of drug-likeness (QED) is 0.781. The highest BCUT2D eigenvalue weighted by atomic mass is 32.1. The van der Waals surface area contributed by atoms with Crippen molar-refractivity contribution in [2.45, 2.75) is 13.5 Å². The minimum absolute atomic E-state index is 0.130. The van der Waals surface area contributed by atoms with E-state index < -0.39 is 0 Å². The van der Waals surface area contributed by atoms with Gasteiger partial charge in [-0.3, -0.25) is 4.79 Å². The van der Waals surface area contributed by atoms with Crippen molar-refractivity contribution in [3.8, 4) is 0 Å². The summed E-state index contributed by atoms with van der Waals surface area (Å²) in [6, 6.07) is 7.78. The Hall–Kier alpha value is -1.92. The number of carbonyl (C=O) groups is 1. The van der Waals surface area contributed by atoms with Crippen LogP contribution in [-0.2, 0) is 6.54 Å². The summed E-state index contributed by atoms with van der Waals surface area (Å²) in [6.45, 7) is 2.43. The number of thiazole rings is 1. The Bertz CT molecular complexity index is 776. The van der Waals surface area contributed by atoms with Crippen molar-refractivity contribution in [2.24, 2.45) is 0 Å². The molecule has 20 heavy (non-hydrogen) atoms. The molecule has 102 valence electrons. The molecule has 0 atom stereocenters. The second-order valence-electron chi connectivity index (χ2n) is 4.37. The molecule has 3 rings (SSSR count). The van der Waals surface area contributed by atoms with E-state index in [9.17, 15) is 4.79 Å². The summed E-state index contributed by atoms with van der Waals surface area (Å²) in [5.74, 6) is -0.130. The third kappa shape index (κ3) is 2.39. The molecule has 0 saturated heterocycles. The van der Waals surface area contributed by atoms with E-state index in [1.54, 1.807) is 17.5 Å². The average molecular weight is 303 g/mol. The first-order valence-corrected chi connectivity index (χ1v) is 7.75. The van der Waals surface area contributed by atoms with Gasteiger partial charge in [-0.05, 0) is 13.0 Å². The maximum absolute atomic E-state index is 12.2. The molecule has 1 amide bonds. The van der Waals surface area contributed by atoms with E-state index in [2.05, 4.69) is 10.3 Å². The summed E-state index contributed by atoms with van der Waals surface area (Å²) in [7, 11) is 0. The molecule has 1 aromatic carbocycles. The van der Waals surface area contributed by atoms with Crippen LogP contribution in [0, 0.1) is 6.92 Å². The molecule has 0 spiro atoms. The van der Waals surface area contributed by atoms with Gasteiger partial charge in [0.1, 0.15) is 4.88 Å². The highest BCUT2D eigenvalue weighted by Crippen LogP contribution is 2.33. The molecule has 0 radical (unpaired) electrons. The molecule has 2 aromatic heterocycles. The van der Waals surface area contributed by atoms with E-state index >= 15 is 0 Å². The van der Waals surface area contributed by atoms with Gasteiger partial charge in [-0.15, -0.1) is 22.7 Å². The number of carbonyl (C=O) groups excluding carboxylic acids is 1. The van der Waals surface area contributed by atoms with Crippen LogP contribution in [0.3, 0.4) is 0 Å². The number of hydrogen-bond acceptors (Lipinski definition) is 5. The molecule has 0 unspecified atom stereocenters. The number of anilines is 1. The Balaban J connectivity index is 1.80. The Morgan fingerprint density at radius 3 is 2.85 bits per heavy atom. The van der Waals surface area contributed by atoms with Crippen molar-refractivity contribution in [3.05, 3.63) is 45.2 Å². The Kier molecular flexibility index (Phi) is 3.42. The summed E-state index contributed by atoms with van der Waals surface area (Å²) >= 11 is 3.00. The number of thiophene rings is 1. The number of nitrogens with one attached hydrogen (secondary N) is 1. The van der Waals surface area contributed by atoms with E-state index in [4.69, 9.17) is 5.73 Å². The lowest BCUT2D eigenvalue weighted by molar-refractivity contribution is 0.0956. The number of rotatable bonds is 3. The van der Waals surface area contributed by atoms with E-state index in [-0.39, 0.29) is 5.91 Å². The van der Waals surface area contributed by atoms with Crippen LogP contribution < -0.4 is 11.1 Å². The molecule has 3 N–H and O–H groups in total. The lowest BCUT2D eigenvalue weighted by Crippen LogP contribution is -2.22. The van der Waals surface area contributed by atoms with Gasteiger partial charge in [0.2, 0.25) is 0 Å². The van der Waals surface area contributed by atoms with Crippen LogP contribution in [0.25, 0.3) is 10.1 Å². The predicted octanol–water partition coefficient (Wildman–Crippen LogP) is 3.18. The first kappa shape index (κ1) is 13.1. The zero-order chi connectivity index (χ0) is 14.1. The topological polar surface area (TPSA) is 68.0 Å². The lowest BCUT2D eigenvalue weighted by Gasteiger charge is -2.02. The van der Waals surface area contributed by atoms with Crippen LogP contribution in [0.2, 0.25) is 0 Å². The largest absolute Gasteiger partial charge is 0.397 e. The summed E-state index contributed by atoms with van der Waals surface area (Å²) in [4.78, 5) is 18.0. The first-order chi connectivity index (χ1) is 9.65. The number of amides is 1. The molecule has 0 saturated carbocycles. The van der Waals surface area contributed by atoms with Gasteiger partial charge in [0.25, 0.3) is 5.91 Å². The van der Waals surface area contributed by atoms with Crippen molar-refractivity contribution in [3.63, 3.8) is 0 Å². The lowest BCUT2D eigenvalue weighted by atomic mass is 10.2. The summed E-state index contributed by atoms with van der Waals surface area (Å²) < 4.78 is 1.03. The monoisotopic (exact) mass is 303 g/mol. The molecular weight excluding hydrogens is 290 g/mol. The maximum Gasteiger partial charge on any atom is 0.263 e. The van der Waals surface area contributed by atoms with E-state index in [1.165, 1.54) is 11.3 Å². The number of aromatic nitrogens is 1. The Labute approximate surface area is 124 Å². The standard InChI is InChI=1S/C14H13N3OS2/c1-8-16-6-9(19-8)7-17-14(18)13-12(15)10-4-2-3-5-11(10)20-13/h2-6H,7,15H2,1H3,(H,17,18). The van der Waals surface area contributed by atoms with Crippen molar-refractivity contribution in [1.29, 1.82) is 0 Å². The SMILES string of the molecule is Cc1ncc(CNC(=O)c2sc3ccccc3c2N)s1. The van der Waals surface area contributed by atoms with Crippen molar-refractivity contribution in [2.75, 3.05) is 5.73 Å². The molecule has 3 aromatic rings. The number of aryl methyl sites for hydroxylation is 1. The molecule has 4 nitrogen and oxygen atoms in total. The minimum Gasteiger partial charge on any atom is -0.397 e. The third-order valence-electron chi connectivity index (χ3n) is 2.93. The van der Waals surface area contributed by atoms with Gasteiger partial charge in [-0.2, -0.15) is 0 Å². The average Bonchev–Trinajstić information content (AvgIpc) is 3.01. The Morgan fingerprint density at radius 2 is 2.15 bits per heavy atom. The second kappa shape index (κ2) is 5.22. The van der Waals surface area contributed by atoms with Gasteiger partial charge < -0.3 is 11.1 Å². The van der Waals surface area contributed by atoms with Crippen LogP contribution in [0.15, 0.2) is 30.5 Å². The first-order valence-electron chi connectivity index (χ1n) is 6.11. The predicted molar refractivity (Wildman–Crippen MR) is 84.3 cm³/mol. The smallest absolute Gasteiger partial charge is 0.263 e. The van der Waals surface area contributed by atoms with Crippen LogP contribution in [0.1, 0.15) is 19.6 Å². The molecule has 0 fully saturated rings. The highest BCUT2D eigenvalue weighted by Gasteiger charge is 2.15. The Morgan fingerprint density at radius 1 is 1.35 bits per heavy atom. The summed E-state index contributed by atoms with van der Waals surface area (Å²) in [5.41, 5.74) is 6.61. The van der Waals surface area contributed by atoms with Crippen molar-refractivity contribution >= 4 is 44.4 Å². The van der Waals surface area contributed by atoms with Gasteiger partial charge in [0, 0.05) is 21.2 Å². The fourth-order valence-corrected chi connectivity index (χ4v) is 3.74. The number of nitrogens with zero attached hydrogens (tertiary/aromatic N) is 1. The van der Waals surface area contributed by atoms with Gasteiger partial charge >= 0.3 is 0 Å². The molecule has 0 aliphatic heterocycles.